The molecule has 2 aromatic rings. The summed E-state index contributed by atoms with van der Waals surface area (Å²) in [6.45, 7) is 3.28. The van der Waals surface area contributed by atoms with E-state index in [1.54, 1.807) is 24.3 Å². The molecule has 0 radical (unpaired) electrons. The molecule has 152 valence electrons. The van der Waals surface area contributed by atoms with Crippen molar-refractivity contribution in [3.8, 4) is 5.75 Å². The van der Waals surface area contributed by atoms with Crippen LogP contribution in [-0.4, -0.2) is 33.2 Å². The second kappa shape index (κ2) is 9.22. The third-order valence-electron chi connectivity index (χ3n) is 3.44. The molecular formula is C18H19Cl3N2O4S. The summed E-state index contributed by atoms with van der Waals surface area (Å²) in [5, 5.41) is 3.00. The topological polar surface area (TPSA) is 75.7 Å². The van der Waals surface area contributed by atoms with Crippen molar-refractivity contribution in [1.82, 2.24) is 0 Å². The van der Waals surface area contributed by atoms with Gasteiger partial charge in [-0.1, -0.05) is 40.9 Å². The van der Waals surface area contributed by atoms with Crippen LogP contribution in [0.4, 0.5) is 11.4 Å². The summed E-state index contributed by atoms with van der Waals surface area (Å²) in [7, 11) is -3.82. The summed E-state index contributed by atoms with van der Waals surface area (Å²) in [5.41, 5.74) is 0.530. The molecular weight excluding hydrogens is 447 g/mol. The standard InChI is InChI=1S/C18H19Cl3N2O4S/c1-11(2)27-13-6-4-5-12(7-13)22-18(24)10-23(28(3,25)26)17-9-15(20)14(19)8-16(17)21/h4-9,11H,10H2,1-3H3,(H,22,24). The van der Waals surface area contributed by atoms with Crippen LogP contribution in [0.2, 0.25) is 15.1 Å². The number of hydrogen-bond donors (Lipinski definition) is 1. The molecule has 0 saturated heterocycles. The van der Waals surface area contributed by atoms with E-state index >= 15 is 0 Å². The van der Waals surface area contributed by atoms with E-state index in [1.807, 2.05) is 13.8 Å². The van der Waals surface area contributed by atoms with Crippen LogP contribution in [0.1, 0.15) is 13.8 Å². The molecule has 0 aliphatic heterocycles. The van der Waals surface area contributed by atoms with Crippen LogP contribution in [0, 0.1) is 0 Å². The maximum Gasteiger partial charge on any atom is 0.245 e. The molecule has 0 aliphatic carbocycles. The van der Waals surface area contributed by atoms with Gasteiger partial charge in [-0.05, 0) is 38.1 Å². The van der Waals surface area contributed by atoms with E-state index in [0.717, 1.165) is 10.6 Å². The van der Waals surface area contributed by atoms with Crippen molar-refractivity contribution in [2.24, 2.45) is 0 Å². The van der Waals surface area contributed by atoms with E-state index in [0.29, 0.717) is 11.4 Å². The van der Waals surface area contributed by atoms with E-state index in [9.17, 15) is 13.2 Å². The minimum atomic E-state index is -3.82. The first-order valence-electron chi connectivity index (χ1n) is 8.16. The quantitative estimate of drug-likeness (QED) is 0.594. The van der Waals surface area contributed by atoms with Crippen LogP contribution in [0.5, 0.6) is 5.75 Å². The molecule has 1 N–H and O–H groups in total. The predicted octanol–water partition coefficient (Wildman–Crippen LogP) is 4.84. The first-order chi connectivity index (χ1) is 13.0. The second-order valence-corrected chi connectivity index (χ2v) is 9.36. The summed E-state index contributed by atoms with van der Waals surface area (Å²) in [6.07, 6.45) is 0.944. The third kappa shape index (κ3) is 6.17. The summed E-state index contributed by atoms with van der Waals surface area (Å²) in [5.74, 6) is 0.0227. The first-order valence-corrected chi connectivity index (χ1v) is 11.1. The van der Waals surface area contributed by atoms with Gasteiger partial charge in [-0.25, -0.2) is 8.42 Å². The lowest BCUT2D eigenvalue weighted by Crippen LogP contribution is -2.37. The smallest absolute Gasteiger partial charge is 0.245 e. The predicted molar refractivity (Wildman–Crippen MR) is 114 cm³/mol. The van der Waals surface area contributed by atoms with Crippen molar-refractivity contribution in [3.63, 3.8) is 0 Å². The van der Waals surface area contributed by atoms with Gasteiger partial charge in [0.05, 0.1) is 33.1 Å². The minimum absolute atomic E-state index is 0.0246. The molecule has 0 spiro atoms. The van der Waals surface area contributed by atoms with Gasteiger partial charge in [0, 0.05) is 11.8 Å². The molecule has 2 rings (SSSR count). The van der Waals surface area contributed by atoms with E-state index in [4.69, 9.17) is 39.5 Å². The van der Waals surface area contributed by atoms with Crippen molar-refractivity contribution in [2.75, 3.05) is 22.4 Å². The molecule has 0 aliphatic rings. The number of hydrogen-bond acceptors (Lipinski definition) is 4. The third-order valence-corrected chi connectivity index (χ3v) is 5.59. The van der Waals surface area contributed by atoms with Crippen LogP contribution in [0.25, 0.3) is 0 Å². The molecule has 0 bridgehead atoms. The Bertz CT molecular complexity index is 981. The maximum atomic E-state index is 12.5. The number of carbonyl (C=O) groups excluding carboxylic acids is 1. The van der Waals surface area contributed by atoms with E-state index in [1.165, 1.54) is 12.1 Å². The van der Waals surface area contributed by atoms with Crippen molar-refractivity contribution in [3.05, 3.63) is 51.5 Å². The average Bonchev–Trinajstić information content (AvgIpc) is 2.55. The number of halogens is 3. The van der Waals surface area contributed by atoms with Crippen molar-refractivity contribution >= 4 is 62.1 Å². The Hall–Kier alpha value is -1.67. The molecule has 0 fully saturated rings. The number of ether oxygens (including phenoxy) is 1. The van der Waals surface area contributed by atoms with E-state index < -0.39 is 22.5 Å². The number of benzene rings is 2. The van der Waals surface area contributed by atoms with Crippen LogP contribution >= 0.6 is 34.8 Å². The minimum Gasteiger partial charge on any atom is -0.491 e. The van der Waals surface area contributed by atoms with Crippen LogP contribution in [0.3, 0.4) is 0 Å². The van der Waals surface area contributed by atoms with Crippen molar-refractivity contribution < 1.29 is 17.9 Å². The molecule has 2 aromatic carbocycles. The lowest BCUT2D eigenvalue weighted by Gasteiger charge is -2.23. The Morgan fingerprint density at radius 1 is 1.11 bits per heavy atom. The van der Waals surface area contributed by atoms with Gasteiger partial charge in [0.25, 0.3) is 0 Å². The Morgan fingerprint density at radius 3 is 2.36 bits per heavy atom. The highest BCUT2D eigenvalue weighted by Crippen LogP contribution is 2.35. The molecule has 0 aromatic heterocycles. The summed E-state index contributed by atoms with van der Waals surface area (Å²) in [4.78, 5) is 12.5. The fraction of sp³-hybridized carbons (Fsp3) is 0.278. The van der Waals surface area contributed by atoms with Gasteiger partial charge in [-0.2, -0.15) is 0 Å². The molecule has 28 heavy (non-hydrogen) atoms. The fourth-order valence-electron chi connectivity index (χ4n) is 2.33. The molecule has 6 nitrogen and oxygen atoms in total. The normalized spacial score (nSPS) is 11.4. The summed E-state index contributed by atoms with van der Waals surface area (Å²) >= 11 is 18.0. The van der Waals surface area contributed by atoms with Gasteiger partial charge in [-0.3, -0.25) is 9.10 Å². The number of sulfonamides is 1. The Balaban J connectivity index is 2.25. The van der Waals surface area contributed by atoms with Gasteiger partial charge < -0.3 is 10.1 Å². The SMILES string of the molecule is CC(C)Oc1cccc(NC(=O)CN(c2cc(Cl)c(Cl)cc2Cl)S(C)(=O)=O)c1. The largest absolute Gasteiger partial charge is 0.491 e. The first kappa shape index (κ1) is 22.6. The fourth-order valence-corrected chi connectivity index (χ4v) is 3.89. The summed E-state index contributed by atoms with van der Waals surface area (Å²) < 4.78 is 30.9. The lowest BCUT2D eigenvalue weighted by molar-refractivity contribution is -0.114. The van der Waals surface area contributed by atoms with Gasteiger partial charge in [0.1, 0.15) is 12.3 Å². The van der Waals surface area contributed by atoms with Gasteiger partial charge >= 0.3 is 0 Å². The maximum absolute atomic E-state index is 12.5. The molecule has 1 amide bonds. The van der Waals surface area contributed by atoms with Gasteiger partial charge in [0.15, 0.2) is 0 Å². The van der Waals surface area contributed by atoms with Crippen LogP contribution < -0.4 is 14.4 Å². The van der Waals surface area contributed by atoms with Crippen LogP contribution in [-0.2, 0) is 14.8 Å². The highest BCUT2D eigenvalue weighted by Gasteiger charge is 2.24. The zero-order valence-electron chi connectivity index (χ0n) is 15.4. The van der Waals surface area contributed by atoms with Crippen molar-refractivity contribution in [2.45, 2.75) is 20.0 Å². The highest BCUT2D eigenvalue weighted by molar-refractivity contribution is 7.92. The highest BCUT2D eigenvalue weighted by atomic mass is 35.5. The average molecular weight is 466 g/mol. The molecule has 0 heterocycles. The van der Waals surface area contributed by atoms with Gasteiger partial charge in [0.2, 0.25) is 15.9 Å². The zero-order chi connectivity index (χ0) is 21.1. The number of anilines is 2. The van der Waals surface area contributed by atoms with E-state index in [2.05, 4.69) is 5.32 Å². The molecule has 0 saturated carbocycles. The Kier molecular flexibility index (Phi) is 7.45. The number of carbonyl (C=O) groups is 1. The molecule has 0 atom stereocenters. The van der Waals surface area contributed by atoms with Gasteiger partial charge in [-0.15, -0.1) is 0 Å². The number of nitrogens with one attached hydrogen (secondary N) is 1. The van der Waals surface area contributed by atoms with Crippen LogP contribution in [0.15, 0.2) is 36.4 Å². The number of nitrogens with zero attached hydrogens (tertiary/aromatic N) is 1. The summed E-state index contributed by atoms with van der Waals surface area (Å²) in [6, 6.07) is 9.42. The Labute approximate surface area is 179 Å². The molecule has 10 heteroatoms. The number of rotatable bonds is 7. The van der Waals surface area contributed by atoms with Crippen molar-refractivity contribution in [1.29, 1.82) is 0 Å². The monoisotopic (exact) mass is 464 g/mol. The lowest BCUT2D eigenvalue weighted by atomic mass is 10.3. The second-order valence-electron chi connectivity index (χ2n) is 6.23. The number of amides is 1. The molecule has 0 unspecified atom stereocenters. The zero-order valence-corrected chi connectivity index (χ0v) is 18.5. The van der Waals surface area contributed by atoms with E-state index in [-0.39, 0.29) is 26.9 Å². The Morgan fingerprint density at radius 2 is 1.75 bits per heavy atom.